The Hall–Kier alpha value is -0.380. The number of hydrogen-bond donors (Lipinski definition) is 2. The van der Waals surface area contributed by atoms with Crippen LogP contribution in [0.5, 0.6) is 0 Å². The monoisotopic (exact) mass is 275 g/mol. The maximum atomic E-state index is 11.8. The Kier molecular flexibility index (Phi) is 7.11. The molecule has 0 aromatic rings. The van der Waals surface area contributed by atoms with Crippen molar-refractivity contribution in [2.45, 2.75) is 59.1 Å². The van der Waals surface area contributed by atoms with Crippen LogP contribution in [-0.2, 0) is 4.79 Å². The van der Waals surface area contributed by atoms with E-state index in [1.54, 1.807) is 0 Å². The SMILES string of the molecule is CCCCNC1C=C(C)C(=O)CC(C)(C)C1O.Cl. The molecule has 2 unspecified atom stereocenters. The molecular formula is C14H26ClNO2. The van der Waals surface area contributed by atoms with E-state index in [0.717, 1.165) is 25.0 Å². The van der Waals surface area contributed by atoms with Crippen molar-refractivity contribution in [1.82, 2.24) is 5.32 Å². The maximum Gasteiger partial charge on any atom is 0.158 e. The van der Waals surface area contributed by atoms with Gasteiger partial charge in [-0.2, -0.15) is 0 Å². The average Bonchev–Trinajstić information content (AvgIpc) is 2.31. The van der Waals surface area contributed by atoms with Crippen LogP contribution in [0.2, 0.25) is 0 Å². The molecule has 0 heterocycles. The van der Waals surface area contributed by atoms with Gasteiger partial charge in [-0.25, -0.2) is 0 Å². The maximum absolute atomic E-state index is 11.8. The van der Waals surface area contributed by atoms with Crippen molar-refractivity contribution < 1.29 is 9.90 Å². The van der Waals surface area contributed by atoms with Crippen LogP contribution in [0, 0.1) is 5.41 Å². The van der Waals surface area contributed by atoms with Crippen LogP contribution >= 0.6 is 12.4 Å². The van der Waals surface area contributed by atoms with E-state index in [2.05, 4.69) is 12.2 Å². The Balaban J connectivity index is 0.00000289. The second kappa shape index (κ2) is 7.27. The van der Waals surface area contributed by atoms with Crippen molar-refractivity contribution in [3.05, 3.63) is 11.6 Å². The molecular weight excluding hydrogens is 250 g/mol. The van der Waals surface area contributed by atoms with Gasteiger partial charge in [0.1, 0.15) is 0 Å². The molecule has 0 bridgehead atoms. The minimum Gasteiger partial charge on any atom is -0.391 e. The summed E-state index contributed by atoms with van der Waals surface area (Å²) in [6.07, 6.45) is 4.01. The first kappa shape index (κ1) is 17.6. The van der Waals surface area contributed by atoms with Crippen molar-refractivity contribution in [3.63, 3.8) is 0 Å². The zero-order valence-corrected chi connectivity index (χ0v) is 12.6. The van der Waals surface area contributed by atoms with Gasteiger partial charge in [-0.3, -0.25) is 4.79 Å². The van der Waals surface area contributed by atoms with Crippen LogP contribution < -0.4 is 5.32 Å². The van der Waals surface area contributed by atoms with E-state index < -0.39 is 6.10 Å². The molecule has 0 spiro atoms. The van der Waals surface area contributed by atoms with Gasteiger partial charge in [0.25, 0.3) is 0 Å². The molecule has 0 saturated heterocycles. The highest BCUT2D eigenvalue weighted by molar-refractivity contribution is 5.95. The van der Waals surface area contributed by atoms with Crippen molar-refractivity contribution in [3.8, 4) is 0 Å². The zero-order chi connectivity index (χ0) is 13.1. The quantitative estimate of drug-likeness (QED) is 0.775. The van der Waals surface area contributed by atoms with Gasteiger partial charge in [-0.05, 0) is 30.9 Å². The molecule has 0 saturated carbocycles. The lowest BCUT2D eigenvalue weighted by Crippen LogP contribution is -2.46. The number of carbonyl (C=O) groups is 1. The summed E-state index contributed by atoms with van der Waals surface area (Å²) in [5.41, 5.74) is 0.401. The smallest absolute Gasteiger partial charge is 0.158 e. The number of aliphatic hydroxyl groups excluding tert-OH is 1. The number of unbranched alkanes of at least 4 members (excludes halogenated alkanes) is 1. The summed E-state index contributed by atoms with van der Waals surface area (Å²) < 4.78 is 0. The van der Waals surface area contributed by atoms with Gasteiger partial charge in [0.05, 0.1) is 12.1 Å². The third kappa shape index (κ3) is 4.38. The first-order valence-electron chi connectivity index (χ1n) is 6.51. The molecule has 1 aliphatic rings. The number of allylic oxidation sites excluding steroid dienone is 1. The predicted octanol–water partition coefficient (Wildman–Crippen LogP) is 2.47. The molecule has 1 aliphatic carbocycles. The molecule has 0 fully saturated rings. The molecule has 0 radical (unpaired) electrons. The first-order valence-corrected chi connectivity index (χ1v) is 6.51. The lowest BCUT2D eigenvalue weighted by atomic mass is 9.80. The van der Waals surface area contributed by atoms with Crippen LogP contribution in [0.15, 0.2) is 11.6 Å². The molecule has 0 aromatic carbocycles. The lowest BCUT2D eigenvalue weighted by Gasteiger charge is -2.33. The molecule has 0 aromatic heterocycles. The number of halogens is 1. The van der Waals surface area contributed by atoms with Gasteiger partial charge in [-0.1, -0.05) is 33.3 Å². The molecule has 18 heavy (non-hydrogen) atoms. The molecule has 0 aliphatic heterocycles. The largest absolute Gasteiger partial charge is 0.391 e. The molecule has 1 rings (SSSR count). The Morgan fingerprint density at radius 1 is 1.50 bits per heavy atom. The molecule has 4 heteroatoms. The highest BCUT2D eigenvalue weighted by Gasteiger charge is 2.37. The van der Waals surface area contributed by atoms with E-state index in [4.69, 9.17) is 0 Å². The number of aliphatic hydroxyl groups is 1. The Morgan fingerprint density at radius 3 is 2.67 bits per heavy atom. The highest BCUT2D eigenvalue weighted by atomic mass is 35.5. The van der Waals surface area contributed by atoms with Gasteiger partial charge >= 0.3 is 0 Å². The van der Waals surface area contributed by atoms with Gasteiger partial charge in [-0.15, -0.1) is 12.4 Å². The molecule has 106 valence electrons. The third-order valence-corrected chi connectivity index (χ3v) is 3.54. The number of nitrogens with one attached hydrogen (secondary N) is 1. The number of ketones is 1. The molecule has 3 nitrogen and oxygen atoms in total. The highest BCUT2D eigenvalue weighted by Crippen LogP contribution is 2.32. The number of carbonyl (C=O) groups excluding carboxylic acids is 1. The second-order valence-corrected chi connectivity index (χ2v) is 5.72. The topological polar surface area (TPSA) is 49.3 Å². The van der Waals surface area contributed by atoms with E-state index in [9.17, 15) is 9.90 Å². The second-order valence-electron chi connectivity index (χ2n) is 5.72. The fourth-order valence-corrected chi connectivity index (χ4v) is 2.21. The van der Waals surface area contributed by atoms with E-state index in [1.165, 1.54) is 0 Å². The Labute approximate surface area is 116 Å². The van der Waals surface area contributed by atoms with E-state index >= 15 is 0 Å². The van der Waals surface area contributed by atoms with Crippen molar-refractivity contribution >= 4 is 18.2 Å². The Morgan fingerprint density at radius 2 is 2.11 bits per heavy atom. The van der Waals surface area contributed by atoms with Crippen LogP contribution in [-0.4, -0.2) is 29.6 Å². The van der Waals surface area contributed by atoms with Crippen LogP contribution in [0.3, 0.4) is 0 Å². The fraction of sp³-hybridized carbons (Fsp3) is 0.786. The minimum absolute atomic E-state index is 0. The summed E-state index contributed by atoms with van der Waals surface area (Å²) in [4.78, 5) is 11.8. The first-order chi connectivity index (χ1) is 7.88. The fourth-order valence-electron chi connectivity index (χ4n) is 2.21. The summed E-state index contributed by atoms with van der Waals surface area (Å²) in [7, 11) is 0. The van der Waals surface area contributed by atoms with Gasteiger partial charge in [0.15, 0.2) is 5.78 Å². The summed E-state index contributed by atoms with van der Waals surface area (Å²) in [6, 6.07) is -0.108. The molecule has 0 amide bonds. The normalized spacial score (nSPS) is 27.2. The van der Waals surface area contributed by atoms with Crippen molar-refractivity contribution in [2.75, 3.05) is 6.54 Å². The van der Waals surface area contributed by atoms with E-state index in [1.807, 2.05) is 26.8 Å². The average molecular weight is 276 g/mol. The van der Waals surface area contributed by atoms with Crippen LogP contribution in [0.25, 0.3) is 0 Å². The minimum atomic E-state index is -0.513. The number of hydrogen-bond acceptors (Lipinski definition) is 3. The molecule has 2 N–H and O–H groups in total. The molecule has 2 atom stereocenters. The number of Topliss-reactive ketones (excluding diaryl/α,β-unsaturated/α-hetero) is 1. The summed E-state index contributed by atoms with van der Waals surface area (Å²) in [5, 5.41) is 13.7. The van der Waals surface area contributed by atoms with Gasteiger partial charge in [0.2, 0.25) is 0 Å². The van der Waals surface area contributed by atoms with Crippen LogP contribution in [0.1, 0.15) is 47.0 Å². The van der Waals surface area contributed by atoms with Crippen molar-refractivity contribution in [1.29, 1.82) is 0 Å². The summed E-state index contributed by atoms with van der Waals surface area (Å²) in [6.45, 7) is 8.77. The number of rotatable bonds is 4. The van der Waals surface area contributed by atoms with Gasteiger partial charge < -0.3 is 10.4 Å². The third-order valence-electron chi connectivity index (χ3n) is 3.54. The van der Waals surface area contributed by atoms with E-state index in [0.29, 0.717) is 6.42 Å². The predicted molar refractivity (Wildman–Crippen MR) is 77.1 cm³/mol. The summed E-state index contributed by atoms with van der Waals surface area (Å²) in [5.74, 6) is 0.147. The lowest BCUT2D eigenvalue weighted by molar-refractivity contribution is -0.118. The Bertz CT molecular complexity index is 313. The van der Waals surface area contributed by atoms with Crippen LogP contribution in [0.4, 0.5) is 0 Å². The van der Waals surface area contributed by atoms with E-state index in [-0.39, 0.29) is 29.6 Å². The zero-order valence-electron chi connectivity index (χ0n) is 11.8. The van der Waals surface area contributed by atoms with Crippen molar-refractivity contribution in [2.24, 2.45) is 5.41 Å². The van der Waals surface area contributed by atoms with Gasteiger partial charge in [0, 0.05) is 6.42 Å². The standard InChI is InChI=1S/C14H25NO2.ClH/c1-5-6-7-15-11-8-10(2)12(16)9-14(3,4)13(11)17;/h8,11,13,15,17H,5-7,9H2,1-4H3;1H. The summed E-state index contributed by atoms with van der Waals surface area (Å²) >= 11 is 0.